The Labute approximate surface area is 437 Å². The monoisotopic (exact) mass is 986 g/mol. The van der Waals surface area contributed by atoms with Crippen LogP contribution in [0.4, 0.5) is 0 Å². The van der Waals surface area contributed by atoms with E-state index < -0.39 is 12.1 Å². The summed E-state index contributed by atoms with van der Waals surface area (Å²) in [6.45, 7) is 4.93. The molecule has 2 unspecified atom stereocenters. The van der Waals surface area contributed by atoms with Gasteiger partial charge in [0.15, 0.2) is 0 Å². The number of amides is 1. The van der Waals surface area contributed by atoms with Gasteiger partial charge in [0.1, 0.15) is 0 Å². The van der Waals surface area contributed by atoms with Crippen molar-refractivity contribution in [3.8, 4) is 0 Å². The van der Waals surface area contributed by atoms with Gasteiger partial charge >= 0.3 is 5.97 Å². The molecule has 6 heteroatoms. The predicted molar refractivity (Wildman–Crippen MR) is 306 cm³/mol. The number of hydrogen-bond acceptors (Lipinski definition) is 5. The van der Waals surface area contributed by atoms with Crippen molar-refractivity contribution in [3.05, 3.63) is 24.3 Å². The Kier molecular flexibility index (Phi) is 58.5. The van der Waals surface area contributed by atoms with E-state index in [1.54, 1.807) is 0 Å². The Hall–Kier alpha value is -1.66. The van der Waals surface area contributed by atoms with E-state index in [-0.39, 0.29) is 18.5 Å². The van der Waals surface area contributed by atoms with Crippen molar-refractivity contribution in [2.75, 3.05) is 13.2 Å². The van der Waals surface area contributed by atoms with Crippen molar-refractivity contribution >= 4 is 11.9 Å². The van der Waals surface area contributed by atoms with E-state index >= 15 is 0 Å². The van der Waals surface area contributed by atoms with Crippen molar-refractivity contribution in [2.24, 2.45) is 0 Å². The van der Waals surface area contributed by atoms with Gasteiger partial charge < -0.3 is 20.3 Å². The number of aliphatic hydroxyl groups excluding tert-OH is 2. The third kappa shape index (κ3) is 55.7. The Balaban J connectivity index is 3.35. The first kappa shape index (κ1) is 68.3. The number of unbranched alkanes of at least 4 members (excludes halogenated alkanes) is 44. The number of rotatable bonds is 59. The first-order valence-corrected chi connectivity index (χ1v) is 31.6. The quantitative estimate of drug-likeness (QED) is 0.0321. The average Bonchev–Trinajstić information content (AvgIpc) is 3.36. The molecule has 0 aromatic rings. The molecule has 0 aromatic carbocycles. The molecule has 0 aromatic heterocycles. The third-order valence-corrected chi connectivity index (χ3v) is 14.7. The minimum absolute atomic E-state index is 0.00710. The summed E-state index contributed by atoms with van der Waals surface area (Å²) < 4.78 is 5.47. The van der Waals surface area contributed by atoms with Crippen molar-refractivity contribution in [1.82, 2.24) is 5.32 Å². The normalized spacial score (nSPS) is 12.7. The summed E-state index contributed by atoms with van der Waals surface area (Å²) in [5.74, 6) is -0.0262. The maximum absolute atomic E-state index is 12.4. The van der Waals surface area contributed by atoms with Crippen LogP contribution in [0.1, 0.15) is 348 Å². The number of nitrogens with one attached hydrogen (secondary N) is 1. The van der Waals surface area contributed by atoms with Crippen LogP contribution in [-0.4, -0.2) is 47.4 Å². The lowest BCUT2D eigenvalue weighted by molar-refractivity contribution is -0.143. The number of carbonyl (C=O) groups is 2. The lowest BCUT2D eigenvalue weighted by Gasteiger charge is -2.22. The van der Waals surface area contributed by atoms with Gasteiger partial charge in [0.25, 0.3) is 0 Å². The van der Waals surface area contributed by atoms with Gasteiger partial charge in [-0.2, -0.15) is 0 Å². The summed E-state index contributed by atoms with van der Waals surface area (Å²) in [5, 5.41) is 23.2. The van der Waals surface area contributed by atoms with Crippen molar-refractivity contribution in [2.45, 2.75) is 360 Å². The molecule has 2 atom stereocenters. The molecule has 0 heterocycles. The van der Waals surface area contributed by atoms with Crippen LogP contribution in [-0.2, 0) is 14.3 Å². The summed E-state index contributed by atoms with van der Waals surface area (Å²) >= 11 is 0. The number of ether oxygens (including phenoxy) is 1. The van der Waals surface area contributed by atoms with Crippen LogP contribution in [0.2, 0.25) is 0 Å². The summed E-state index contributed by atoms with van der Waals surface area (Å²) in [6.07, 6.45) is 73.5. The highest BCUT2D eigenvalue weighted by molar-refractivity contribution is 5.76. The highest BCUT2D eigenvalue weighted by Crippen LogP contribution is 2.18. The Morgan fingerprint density at radius 1 is 0.386 bits per heavy atom. The summed E-state index contributed by atoms with van der Waals surface area (Å²) in [4.78, 5) is 24.5. The Morgan fingerprint density at radius 2 is 0.671 bits per heavy atom. The molecule has 414 valence electrons. The molecule has 0 rings (SSSR count). The molecule has 6 nitrogen and oxygen atoms in total. The average molecular weight is 987 g/mol. The minimum Gasteiger partial charge on any atom is -0.466 e. The van der Waals surface area contributed by atoms with Gasteiger partial charge in [0, 0.05) is 12.8 Å². The van der Waals surface area contributed by atoms with Crippen molar-refractivity contribution in [1.29, 1.82) is 0 Å². The maximum atomic E-state index is 12.4. The second-order valence-electron chi connectivity index (χ2n) is 21.7. The summed E-state index contributed by atoms with van der Waals surface area (Å²) in [5.41, 5.74) is 0. The molecule has 0 aliphatic rings. The van der Waals surface area contributed by atoms with Gasteiger partial charge in [0.05, 0.1) is 25.4 Å². The summed E-state index contributed by atoms with van der Waals surface area (Å²) in [7, 11) is 0. The fourth-order valence-electron chi connectivity index (χ4n) is 9.87. The third-order valence-electron chi connectivity index (χ3n) is 14.7. The van der Waals surface area contributed by atoms with E-state index in [9.17, 15) is 19.8 Å². The van der Waals surface area contributed by atoms with Gasteiger partial charge in [-0.15, -0.1) is 0 Å². The molecule has 0 radical (unpaired) electrons. The maximum Gasteiger partial charge on any atom is 0.305 e. The number of aliphatic hydroxyl groups is 2. The van der Waals surface area contributed by atoms with E-state index in [1.807, 2.05) is 0 Å². The highest BCUT2D eigenvalue weighted by atomic mass is 16.5. The van der Waals surface area contributed by atoms with Crippen molar-refractivity contribution in [3.63, 3.8) is 0 Å². The second kappa shape index (κ2) is 59.9. The van der Waals surface area contributed by atoms with Crippen LogP contribution >= 0.6 is 0 Å². The molecular formula is C64H123NO5. The molecule has 3 N–H and O–H groups in total. The van der Waals surface area contributed by atoms with Gasteiger partial charge in [-0.3, -0.25) is 9.59 Å². The summed E-state index contributed by atoms with van der Waals surface area (Å²) in [6, 6.07) is -0.538. The molecule has 0 saturated heterocycles. The second-order valence-corrected chi connectivity index (χ2v) is 21.7. The van der Waals surface area contributed by atoms with Gasteiger partial charge in [-0.1, -0.05) is 282 Å². The van der Waals surface area contributed by atoms with Crippen LogP contribution in [0, 0.1) is 0 Å². The zero-order valence-corrected chi connectivity index (χ0v) is 47.3. The lowest BCUT2D eigenvalue weighted by atomic mass is 10.0. The molecule has 0 spiro atoms. The fourth-order valence-corrected chi connectivity index (χ4v) is 9.87. The van der Waals surface area contributed by atoms with E-state index in [0.717, 1.165) is 44.9 Å². The van der Waals surface area contributed by atoms with E-state index in [1.165, 1.54) is 270 Å². The molecule has 0 fully saturated rings. The fraction of sp³-hybridized carbons (Fsp3) is 0.906. The highest BCUT2D eigenvalue weighted by Gasteiger charge is 2.20. The number of esters is 1. The molecule has 1 amide bonds. The number of hydrogen-bond donors (Lipinski definition) is 3. The van der Waals surface area contributed by atoms with Crippen LogP contribution in [0.25, 0.3) is 0 Å². The first-order valence-electron chi connectivity index (χ1n) is 31.6. The molecule has 0 saturated carbocycles. The smallest absolute Gasteiger partial charge is 0.305 e. The zero-order valence-electron chi connectivity index (χ0n) is 47.3. The zero-order chi connectivity index (χ0) is 50.7. The topological polar surface area (TPSA) is 95.9 Å². The van der Waals surface area contributed by atoms with Crippen LogP contribution < -0.4 is 5.32 Å². The van der Waals surface area contributed by atoms with Crippen LogP contribution in [0.3, 0.4) is 0 Å². The molecule has 0 aliphatic heterocycles. The molecule has 70 heavy (non-hydrogen) atoms. The minimum atomic E-state index is -0.661. The Bertz CT molecular complexity index is 1090. The standard InChI is InChI=1S/C64H123NO5/c1-3-5-7-9-11-13-15-38-42-46-50-54-58-64(69)70-59-55-51-47-43-39-35-33-31-29-27-25-23-21-19-17-16-18-20-22-24-26-28-30-32-34-37-41-45-49-53-57-63(68)65-61(60-66)62(67)56-52-48-44-40-36-14-12-10-8-6-4-2/h11,13,17,19,61-62,66-67H,3-10,12,14-16,18,20-60H2,1-2H3,(H,65,68)/b13-11-,19-17-. The first-order chi connectivity index (χ1) is 34.5. The van der Waals surface area contributed by atoms with E-state index in [0.29, 0.717) is 25.9 Å². The van der Waals surface area contributed by atoms with Crippen LogP contribution in [0.5, 0.6) is 0 Å². The molecular weight excluding hydrogens is 863 g/mol. The Morgan fingerprint density at radius 3 is 1.04 bits per heavy atom. The molecule has 0 aliphatic carbocycles. The van der Waals surface area contributed by atoms with E-state index in [4.69, 9.17) is 4.74 Å². The predicted octanol–water partition coefficient (Wildman–Crippen LogP) is 19.8. The van der Waals surface area contributed by atoms with Gasteiger partial charge in [-0.25, -0.2) is 0 Å². The largest absolute Gasteiger partial charge is 0.466 e. The lowest BCUT2D eigenvalue weighted by Crippen LogP contribution is -2.45. The van der Waals surface area contributed by atoms with Gasteiger partial charge in [0.2, 0.25) is 5.91 Å². The van der Waals surface area contributed by atoms with Crippen LogP contribution in [0.15, 0.2) is 24.3 Å². The SMILES string of the molecule is CCCCC/C=C\CCCCCCCC(=O)OCCCCCCCCCCCCCC/C=C\CCCCCCCCCCCCCCCCC(=O)NC(CO)C(O)CCCCCCCCCCCCC. The van der Waals surface area contributed by atoms with Crippen molar-refractivity contribution < 1.29 is 24.5 Å². The van der Waals surface area contributed by atoms with Gasteiger partial charge in [-0.05, 0) is 77.0 Å². The molecule has 0 bridgehead atoms. The van der Waals surface area contributed by atoms with E-state index in [2.05, 4.69) is 43.5 Å². The number of carbonyl (C=O) groups excluding carboxylic acids is 2. The number of allylic oxidation sites excluding steroid dienone is 4.